The van der Waals surface area contributed by atoms with Gasteiger partial charge in [-0.15, -0.1) is 0 Å². The number of nitrogens with zero attached hydrogens (tertiary/aromatic N) is 2. The molecule has 8 nitrogen and oxygen atoms in total. The van der Waals surface area contributed by atoms with Crippen LogP contribution in [0.2, 0.25) is 0 Å². The summed E-state index contributed by atoms with van der Waals surface area (Å²) in [5.74, 6) is 0.451. The van der Waals surface area contributed by atoms with Crippen molar-refractivity contribution >= 4 is 17.8 Å². The Kier molecular flexibility index (Phi) is 8.01. The molecule has 1 aliphatic heterocycles. The van der Waals surface area contributed by atoms with E-state index in [2.05, 4.69) is 41.7 Å². The maximum Gasteiger partial charge on any atom is 0.254 e. The Bertz CT molecular complexity index is 725. The first-order valence-corrected chi connectivity index (χ1v) is 9.87. The van der Waals surface area contributed by atoms with Crippen LogP contribution >= 0.6 is 0 Å². The van der Waals surface area contributed by atoms with Crippen LogP contribution in [-0.2, 0) is 16.1 Å². The second kappa shape index (κ2) is 10.2. The second-order valence-corrected chi connectivity index (χ2v) is 8.17. The maximum absolute atomic E-state index is 12.5. The highest BCUT2D eigenvalue weighted by Gasteiger charge is 2.24. The molecule has 1 unspecified atom stereocenters. The Hall–Kier alpha value is -2.61. The van der Waals surface area contributed by atoms with Crippen molar-refractivity contribution in [3.05, 3.63) is 35.4 Å². The molecule has 1 fully saturated rings. The summed E-state index contributed by atoms with van der Waals surface area (Å²) in [4.78, 5) is 29.8. The third-order valence-electron chi connectivity index (χ3n) is 4.92. The molecule has 1 aromatic carbocycles. The summed E-state index contributed by atoms with van der Waals surface area (Å²) in [6.07, 6.45) is 0.0585. The number of piperazine rings is 1. The van der Waals surface area contributed by atoms with Crippen LogP contribution < -0.4 is 16.0 Å². The summed E-state index contributed by atoms with van der Waals surface area (Å²) < 4.78 is 5.56. The Balaban J connectivity index is 1.87. The molecule has 1 heterocycles. The van der Waals surface area contributed by atoms with E-state index < -0.39 is 0 Å². The lowest BCUT2D eigenvalue weighted by Gasteiger charge is -2.30. The van der Waals surface area contributed by atoms with Crippen LogP contribution in [0.4, 0.5) is 0 Å². The Labute approximate surface area is 173 Å². The minimum Gasteiger partial charge on any atom is -0.379 e. The zero-order chi connectivity index (χ0) is 21.4. The number of aliphatic imine (C=N–C) groups is 1. The number of amides is 2. The maximum atomic E-state index is 12.5. The van der Waals surface area contributed by atoms with Crippen LogP contribution in [0.3, 0.4) is 0 Å². The number of carbonyl (C=O) groups is 2. The number of hydrogen-bond acceptors (Lipinski definition) is 4. The van der Waals surface area contributed by atoms with Gasteiger partial charge in [0.1, 0.15) is 0 Å². The minimum atomic E-state index is -0.121. The van der Waals surface area contributed by atoms with Crippen LogP contribution in [0.15, 0.2) is 29.3 Å². The number of nitrogens with one attached hydrogen (secondary N) is 3. The molecule has 29 heavy (non-hydrogen) atoms. The van der Waals surface area contributed by atoms with Crippen molar-refractivity contribution in [2.75, 3.05) is 40.3 Å². The lowest BCUT2D eigenvalue weighted by atomic mass is 9.89. The van der Waals surface area contributed by atoms with Crippen LogP contribution in [0.25, 0.3) is 0 Å². The highest BCUT2D eigenvalue weighted by Crippen LogP contribution is 2.20. The van der Waals surface area contributed by atoms with E-state index in [1.807, 2.05) is 12.1 Å². The second-order valence-electron chi connectivity index (χ2n) is 8.17. The molecule has 8 heteroatoms. The van der Waals surface area contributed by atoms with Gasteiger partial charge in [0.05, 0.1) is 12.6 Å². The van der Waals surface area contributed by atoms with Gasteiger partial charge in [0.2, 0.25) is 5.91 Å². The minimum absolute atomic E-state index is 0.0258. The molecule has 3 N–H and O–H groups in total. The number of hydrogen-bond donors (Lipinski definition) is 3. The van der Waals surface area contributed by atoms with E-state index in [1.165, 1.54) is 0 Å². The molecule has 0 aliphatic carbocycles. The molecule has 160 valence electrons. The van der Waals surface area contributed by atoms with Gasteiger partial charge in [-0.05, 0) is 23.1 Å². The number of methoxy groups -OCH3 is 1. The predicted octanol–water partition coefficient (Wildman–Crippen LogP) is 0.985. The van der Waals surface area contributed by atoms with Crippen LogP contribution in [0.1, 0.15) is 36.7 Å². The largest absolute Gasteiger partial charge is 0.379 e. The van der Waals surface area contributed by atoms with E-state index in [9.17, 15) is 9.59 Å². The van der Waals surface area contributed by atoms with Crippen molar-refractivity contribution in [2.24, 2.45) is 10.4 Å². The zero-order valence-electron chi connectivity index (χ0n) is 18.0. The number of ether oxygens (including phenoxy) is 1. The lowest BCUT2D eigenvalue weighted by molar-refractivity contribution is -0.123. The standard InChI is InChI=1S/C21H33N5O3/c1-21(2,3)17(29-5)13-25-20(22-4)24-12-15-6-8-16(9-7-15)19(28)26-11-10-23-18(27)14-26/h6-9,17H,10-14H2,1-5H3,(H,23,27)(H2,22,24,25). The highest BCUT2D eigenvalue weighted by atomic mass is 16.5. The van der Waals surface area contributed by atoms with Crippen molar-refractivity contribution in [1.29, 1.82) is 0 Å². The highest BCUT2D eigenvalue weighted by molar-refractivity contribution is 5.97. The van der Waals surface area contributed by atoms with Gasteiger partial charge in [-0.25, -0.2) is 0 Å². The quantitative estimate of drug-likeness (QED) is 0.486. The van der Waals surface area contributed by atoms with Crippen molar-refractivity contribution in [3.8, 4) is 0 Å². The summed E-state index contributed by atoms with van der Waals surface area (Å²) in [6.45, 7) is 8.78. The summed E-state index contributed by atoms with van der Waals surface area (Å²) >= 11 is 0. The first-order valence-electron chi connectivity index (χ1n) is 9.87. The monoisotopic (exact) mass is 403 g/mol. The molecule has 0 bridgehead atoms. The molecular weight excluding hydrogens is 370 g/mol. The van der Waals surface area contributed by atoms with Gasteiger partial charge in [-0.1, -0.05) is 32.9 Å². The van der Waals surface area contributed by atoms with Crippen molar-refractivity contribution in [1.82, 2.24) is 20.9 Å². The number of benzene rings is 1. The Morgan fingerprint density at radius 3 is 2.52 bits per heavy atom. The fourth-order valence-electron chi connectivity index (χ4n) is 3.10. The Morgan fingerprint density at radius 2 is 1.97 bits per heavy atom. The van der Waals surface area contributed by atoms with E-state index in [0.717, 1.165) is 5.56 Å². The molecule has 1 aliphatic rings. The van der Waals surface area contributed by atoms with E-state index in [0.29, 0.717) is 37.7 Å². The van der Waals surface area contributed by atoms with Gasteiger partial charge < -0.3 is 25.6 Å². The average Bonchev–Trinajstić information content (AvgIpc) is 2.69. The van der Waals surface area contributed by atoms with Gasteiger partial charge in [0.15, 0.2) is 5.96 Å². The van der Waals surface area contributed by atoms with Gasteiger partial charge in [-0.3, -0.25) is 14.6 Å². The third-order valence-corrected chi connectivity index (χ3v) is 4.92. The average molecular weight is 404 g/mol. The predicted molar refractivity (Wildman–Crippen MR) is 114 cm³/mol. The molecule has 1 aromatic rings. The van der Waals surface area contributed by atoms with E-state index in [-0.39, 0.29) is 29.9 Å². The molecule has 0 aromatic heterocycles. The molecule has 0 radical (unpaired) electrons. The van der Waals surface area contributed by atoms with Crippen LogP contribution in [-0.4, -0.2) is 69.1 Å². The summed E-state index contributed by atoms with van der Waals surface area (Å²) in [6, 6.07) is 7.40. The van der Waals surface area contributed by atoms with Gasteiger partial charge in [0, 0.05) is 45.9 Å². The Morgan fingerprint density at radius 1 is 1.28 bits per heavy atom. The third kappa shape index (κ3) is 6.74. The van der Waals surface area contributed by atoms with Crippen molar-refractivity contribution in [2.45, 2.75) is 33.4 Å². The number of rotatable bonds is 6. The van der Waals surface area contributed by atoms with E-state index >= 15 is 0 Å². The molecule has 0 saturated carbocycles. The molecule has 0 spiro atoms. The van der Waals surface area contributed by atoms with Gasteiger partial charge in [-0.2, -0.15) is 0 Å². The van der Waals surface area contributed by atoms with E-state index in [1.54, 1.807) is 31.2 Å². The summed E-state index contributed by atoms with van der Waals surface area (Å²) in [7, 11) is 3.44. The lowest BCUT2D eigenvalue weighted by Crippen LogP contribution is -2.49. The van der Waals surface area contributed by atoms with Crippen LogP contribution in [0.5, 0.6) is 0 Å². The smallest absolute Gasteiger partial charge is 0.254 e. The molecule has 2 rings (SSSR count). The molecule has 1 atom stereocenters. The van der Waals surface area contributed by atoms with Crippen molar-refractivity contribution in [3.63, 3.8) is 0 Å². The van der Waals surface area contributed by atoms with Crippen LogP contribution in [0, 0.1) is 5.41 Å². The van der Waals surface area contributed by atoms with Crippen molar-refractivity contribution < 1.29 is 14.3 Å². The SMILES string of the molecule is CN=C(NCc1ccc(C(=O)N2CCNC(=O)C2)cc1)NCC(OC)C(C)(C)C. The normalized spacial score (nSPS) is 16.2. The molecule has 1 saturated heterocycles. The first-order chi connectivity index (χ1) is 13.7. The fraction of sp³-hybridized carbons (Fsp3) is 0.571. The summed E-state index contributed by atoms with van der Waals surface area (Å²) in [5, 5.41) is 9.28. The number of carbonyl (C=O) groups excluding carboxylic acids is 2. The first kappa shape index (κ1) is 22.7. The van der Waals surface area contributed by atoms with E-state index in [4.69, 9.17) is 4.74 Å². The van der Waals surface area contributed by atoms with Gasteiger partial charge >= 0.3 is 0 Å². The number of guanidine groups is 1. The summed E-state index contributed by atoms with van der Waals surface area (Å²) in [5.41, 5.74) is 1.64. The van der Waals surface area contributed by atoms with Gasteiger partial charge in [0.25, 0.3) is 5.91 Å². The fourth-order valence-corrected chi connectivity index (χ4v) is 3.10. The topological polar surface area (TPSA) is 95.1 Å². The molecular formula is C21H33N5O3. The molecule has 2 amide bonds. The zero-order valence-corrected chi connectivity index (χ0v) is 18.0.